The highest BCUT2D eigenvalue weighted by molar-refractivity contribution is 8.00. The van der Waals surface area contributed by atoms with Gasteiger partial charge in [-0.25, -0.2) is 13.6 Å². The summed E-state index contributed by atoms with van der Waals surface area (Å²) in [5, 5.41) is 8.94. The molecule has 0 bridgehead atoms. The predicted molar refractivity (Wildman–Crippen MR) is 95.5 cm³/mol. The Morgan fingerprint density at radius 1 is 1.27 bits per heavy atom. The molecule has 8 heteroatoms. The maximum Gasteiger partial charge on any atom is 0.342 e. The number of nitrogen functional groups attached to an aromatic ring is 1. The molecule has 5 nitrogen and oxygen atoms in total. The summed E-state index contributed by atoms with van der Waals surface area (Å²) in [6, 6.07) is 6.93. The van der Waals surface area contributed by atoms with E-state index >= 15 is 4.39 Å². The minimum Gasteiger partial charge on any atom is -0.477 e. The molecule has 26 heavy (non-hydrogen) atoms. The fourth-order valence-electron chi connectivity index (χ4n) is 3.20. The second-order valence-electron chi connectivity index (χ2n) is 5.97. The van der Waals surface area contributed by atoms with E-state index in [2.05, 4.69) is 0 Å². The minimum absolute atomic E-state index is 0.0884. The molecule has 0 aliphatic carbocycles. The number of aromatic nitrogens is 1. The monoisotopic (exact) mass is 374 g/mol. The average Bonchev–Trinajstić information content (AvgIpc) is 2.57. The van der Waals surface area contributed by atoms with Crippen molar-refractivity contribution in [1.29, 1.82) is 0 Å². The number of rotatable bonds is 2. The average molecular weight is 374 g/mol. The molecule has 1 aliphatic rings. The SMILES string of the molecule is CC1Sc2c(C(=O)O)c(=O)c3cc(F)c(-c4ccc(N)cc4)c(F)c3n21. The van der Waals surface area contributed by atoms with E-state index in [4.69, 9.17) is 5.73 Å². The van der Waals surface area contributed by atoms with Crippen molar-refractivity contribution in [1.82, 2.24) is 4.57 Å². The minimum atomic E-state index is -1.41. The number of fused-ring (bicyclic) bond motifs is 3. The first-order valence-corrected chi connectivity index (χ1v) is 8.55. The summed E-state index contributed by atoms with van der Waals surface area (Å²) in [5.74, 6) is -3.25. The van der Waals surface area contributed by atoms with E-state index in [-0.39, 0.29) is 32.4 Å². The van der Waals surface area contributed by atoms with Gasteiger partial charge in [0.25, 0.3) is 0 Å². The summed E-state index contributed by atoms with van der Waals surface area (Å²) in [6.07, 6.45) is 0. The molecule has 4 rings (SSSR count). The van der Waals surface area contributed by atoms with Gasteiger partial charge in [-0.1, -0.05) is 23.9 Å². The van der Waals surface area contributed by atoms with Gasteiger partial charge in [0, 0.05) is 5.69 Å². The Bertz CT molecular complexity index is 1160. The number of halogens is 2. The zero-order chi connectivity index (χ0) is 18.7. The van der Waals surface area contributed by atoms with Gasteiger partial charge >= 0.3 is 5.97 Å². The molecule has 0 spiro atoms. The number of aromatic carboxylic acids is 1. The van der Waals surface area contributed by atoms with Crippen molar-refractivity contribution < 1.29 is 18.7 Å². The Morgan fingerprint density at radius 3 is 2.50 bits per heavy atom. The van der Waals surface area contributed by atoms with Crippen molar-refractivity contribution in [3.05, 3.63) is 57.8 Å². The summed E-state index contributed by atoms with van der Waals surface area (Å²) in [6.45, 7) is 1.75. The van der Waals surface area contributed by atoms with Crippen LogP contribution in [0.1, 0.15) is 22.7 Å². The number of thioether (sulfide) groups is 1. The summed E-state index contributed by atoms with van der Waals surface area (Å²) in [7, 11) is 0. The summed E-state index contributed by atoms with van der Waals surface area (Å²) in [4.78, 5) is 24.0. The normalized spacial score (nSPS) is 15.6. The number of carboxylic acids is 1. The zero-order valence-electron chi connectivity index (χ0n) is 13.4. The second kappa shape index (κ2) is 5.57. The van der Waals surface area contributed by atoms with Crippen LogP contribution in [0.5, 0.6) is 0 Å². The van der Waals surface area contributed by atoms with E-state index in [1.807, 2.05) is 0 Å². The summed E-state index contributed by atoms with van der Waals surface area (Å²) < 4.78 is 31.4. The van der Waals surface area contributed by atoms with Crippen molar-refractivity contribution in [3.63, 3.8) is 0 Å². The van der Waals surface area contributed by atoms with E-state index < -0.39 is 28.6 Å². The van der Waals surface area contributed by atoms with Gasteiger partial charge in [-0.3, -0.25) is 4.79 Å². The molecular weight excluding hydrogens is 362 g/mol. The van der Waals surface area contributed by atoms with Crippen LogP contribution in [0.4, 0.5) is 14.5 Å². The molecule has 0 saturated carbocycles. The fourth-order valence-corrected chi connectivity index (χ4v) is 4.34. The first kappa shape index (κ1) is 16.6. The molecule has 0 radical (unpaired) electrons. The molecule has 2 heterocycles. The van der Waals surface area contributed by atoms with E-state index in [1.165, 1.54) is 28.8 Å². The first-order valence-electron chi connectivity index (χ1n) is 7.67. The molecule has 1 unspecified atom stereocenters. The highest BCUT2D eigenvalue weighted by atomic mass is 32.2. The van der Waals surface area contributed by atoms with Gasteiger partial charge < -0.3 is 15.4 Å². The van der Waals surface area contributed by atoms with Gasteiger partial charge in [-0.05, 0) is 30.7 Å². The highest BCUT2D eigenvalue weighted by Crippen LogP contribution is 2.47. The van der Waals surface area contributed by atoms with Crippen LogP contribution in [0, 0.1) is 11.6 Å². The van der Waals surface area contributed by atoms with Crippen LogP contribution in [0.25, 0.3) is 22.0 Å². The maximum absolute atomic E-state index is 15.3. The third-order valence-electron chi connectivity index (χ3n) is 4.40. The molecule has 132 valence electrons. The number of hydrogen-bond acceptors (Lipinski definition) is 4. The Kier molecular flexibility index (Phi) is 3.55. The summed E-state index contributed by atoms with van der Waals surface area (Å²) in [5.41, 5.74) is 4.63. The molecule has 1 aromatic heterocycles. The standard InChI is InChI=1S/C18H12F2N2O3S/c1-7-22-15-10(16(23)13(18(24)25)17(22)26-7)6-11(19)12(14(15)20)8-2-4-9(21)5-3-8/h2-7H,21H2,1H3,(H,24,25). The Balaban J connectivity index is 2.14. The molecule has 1 aliphatic heterocycles. The lowest BCUT2D eigenvalue weighted by Crippen LogP contribution is -2.29. The molecule has 1 atom stereocenters. The van der Waals surface area contributed by atoms with Crippen LogP contribution in [-0.4, -0.2) is 15.6 Å². The maximum atomic E-state index is 15.3. The largest absolute Gasteiger partial charge is 0.477 e. The van der Waals surface area contributed by atoms with Crippen LogP contribution in [0.3, 0.4) is 0 Å². The van der Waals surface area contributed by atoms with Crippen LogP contribution in [-0.2, 0) is 0 Å². The van der Waals surface area contributed by atoms with E-state index in [0.29, 0.717) is 5.69 Å². The molecule has 0 fully saturated rings. The van der Waals surface area contributed by atoms with Crippen molar-refractivity contribution in [2.75, 3.05) is 5.73 Å². The third kappa shape index (κ3) is 2.15. The van der Waals surface area contributed by atoms with Gasteiger partial charge in [0.1, 0.15) is 11.4 Å². The van der Waals surface area contributed by atoms with E-state index in [0.717, 1.165) is 17.8 Å². The Morgan fingerprint density at radius 2 is 1.92 bits per heavy atom. The Hall–Kier alpha value is -2.87. The quantitative estimate of drug-likeness (QED) is 0.666. The van der Waals surface area contributed by atoms with Gasteiger partial charge in [0.05, 0.1) is 26.9 Å². The van der Waals surface area contributed by atoms with Crippen molar-refractivity contribution >= 4 is 34.3 Å². The number of nitrogens with two attached hydrogens (primary N) is 1. The number of benzene rings is 2. The van der Waals surface area contributed by atoms with Crippen LogP contribution >= 0.6 is 11.8 Å². The number of anilines is 1. The first-order chi connectivity index (χ1) is 12.3. The second-order valence-corrected chi connectivity index (χ2v) is 7.27. The van der Waals surface area contributed by atoms with Crippen molar-refractivity contribution in [2.24, 2.45) is 0 Å². The number of carboxylic acid groups (broad SMARTS) is 1. The summed E-state index contributed by atoms with van der Waals surface area (Å²) >= 11 is 1.16. The number of hydrogen-bond donors (Lipinski definition) is 2. The van der Waals surface area contributed by atoms with E-state index in [9.17, 15) is 19.1 Å². The number of pyridine rings is 1. The zero-order valence-corrected chi connectivity index (χ0v) is 14.2. The van der Waals surface area contributed by atoms with Crippen molar-refractivity contribution in [2.45, 2.75) is 17.3 Å². The molecule has 2 aromatic carbocycles. The highest BCUT2D eigenvalue weighted by Gasteiger charge is 2.35. The molecule has 3 aromatic rings. The topological polar surface area (TPSA) is 85.3 Å². The van der Waals surface area contributed by atoms with Crippen LogP contribution in [0.15, 0.2) is 40.2 Å². The molecule has 0 amide bonds. The fraction of sp³-hybridized carbons (Fsp3) is 0.111. The third-order valence-corrected chi connectivity index (χ3v) is 5.57. The van der Waals surface area contributed by atoms with E-state index in [1.54, 1.807) is 6.92 Å². The van der Waals surface area contributed by atoms with Gasteiger partial charge in [-0.15, -0.1) is 0 Å². The van der Waals surface area contributed by atoms with Gasteiger partial charge in [0.15, 0.2) is 5.82 Å². The number of nitrogens with zero attached hydrogens (tertiary/aromatic N) is 1. The van der Waals surface area contributed by atoms with Gasteiger partial charge in [0.2, 0.25) is 5.43 Å². The van der Waals surface area contributed by atoms with Crippen molar-refractivity contribution in [3.8, 4) is 11.1 Å². The van der Waals surface area contributed by atoms with Gasteiger partial charge in [-0.2, -0.15) is 0 Å². The number of carbonyl (C=O) groups is 1. The molecule has 3 N–H and O–H groups in total. The lowest BCUT2D eigenvalue weighted by atomic mass is 10.00. The lowest BCUT2D eigenvalue weighted by molar-refractivity contribution is 0.0689. The predicted octanol–water partition coefficient (Wildman–Crippen LogP) is 3.85. The smallest absolute Gasteiger partial charge is 0.342 e. The van der Waals surface area contributed by atoms with Crippen LogP contribution < -0.4 is 11.2 Å². The molecular formula is C18H12F2N2O3S. The van der Waals surface area contributed by atoms with Crippen LogP contribution in [0.2, 0.25) is 0 Å². The molecule has 0 saturated heterocycles. The Labute approximate surface area is 150 Å². The lowest BCUT2D eigenvalue weighted by Gasteiger charge is -2.33.